The summed E-state index contributed by atoms with van der Waals surface area (Å²) in [5, 5.41) is 0. The summed E-state index contributed by atoms with van der Waals surface area (Å²) >= 11 is 0. The monoisotopic (exact) mass is 366 g/mol. The van der Waals surface area contributed by atoms with Crippen molar-refractivity contribution in [2.45, 2.75) is 51.2 Å². The van der Waals surface area contributed by atoms with Gasteiger partial charge < -0.3 is 20.1 Å². The second kappa shape index (κ2) is 8.01. The Hall–Kier alpha value is -2.53. The molecule has 1 amide bonds. The lowest BCUT2D eigenvalue weighted by Crippen LogP contribution is -2.41. The molecule has 1 aliphatic carbocycles. The number of rotatable bonds is 5. The Morgan fingerprint density at radius 3 is 2.41 bits per heavy atom. The standard InChI is InChI=1S/C22H26N2O3/c23-13-16-6-9-18(10-7-16)22(25)24(19-4-2-1-3-5-19)14-17-8-11-20-21(12-17)27-15-26-20/h6-12,19H,1-5,13-15,23H2. The van der Waals surface area contributed by atoms with E-state index < -0.39 is 0 Å². The van der Waals surface area contributed by atoms with E-state index in [9.17, 15) is 4.79 Å². The first-order valence-electron chi connectivity index (χ1n) is 9.73. The van der Waals surface area contributed by atoms with E-state index in [1.165, 1.54) is 19.3 Å². The smallest absolute Gasteiger partial charge is 0.254 e. The van der Waals surface area contributed by atoms with E-state index in [4.69, 9.17) is 15.2 Å². The van der Waals surface area contributed by atoms with Gasteiger partial charge >= 0.3 is 0 Å². The molecular weight excluding hydrogens is 340 g/mol. The van der Waals surface area contributed by atoms with Gasteiger partial charge in [0.2, 0.25) is 6.79 Å². The van der Waals surface area contributed by atoms with Crippen LogP contribution in [0.1, 0.15) is 53.6 Å². The van der Waals surface area contributed by atoms with Gasteiger partial charge in [0.1, 0.15) is 0 Å². The fourth-order valence-corrected chi connectivity index (χ4v) is 3.94. The van der Waals surface area contributed by atoms with Gasteiger partial charge in [0.05, 0.1) is 0 Å². The van der Waals surface area contributed by atoms with Crippen LogP contribution >= 0.6 is 0 Å². The molecule has 1 heterocycles. The highest BCUT2D eigenvalue weighted by Crippen LogP contribution is 2.34. The van der Waals surface area contributed by atoms with Crippen LogP contribution in [-0.2, 0) is 13.1 Å². The summed E-state index contributed by atoms with van der Waals surface area (Å²) in [6.45, 7) is 1.33. The van der Waals surface area contributed by atoms with Crippen molar-refractivity contribution >= 4 is 5.91 Å². The van der Waals surface area contributed by atoms with Gasteiger partial charge in [-0.3, -0.25) is 4.79 Å². The quantitative estimate of drug-likeness (QED) is 0.873. The van der Waals surface area contributed by atoms with Gasteiger partial charge in [0.15, 0.2) is 11.5 Å². The third kappa shape index (κ3) is 3.93. The fraction of sp³-hybridized carbons (Fsp3) is 0.409. The zero-order valence-corrected chi connectivity index (χ0v) is 15.5. The molecule has 0 radical (unpaired) electrons. The minimum atomic E-state index is 0.0862. The van der Waals surface area contributed by atoms with Crippen molar-refractivity contribution in [3.05, 3.63) is 59.2 Å². The maximum atomic E-state index is 13.3. The van der Waals surface area contributed by atoms with Crippen LogP contribution in [0.15, 0.2) is 42.5 Å². The third-order valence-electron chi connectivity index (χ3n) is 5.50. The summed E-state index contributed by atoms with van der Waals surface area (Å²) in [5.41, 5.74) is 8.50. The van der Waals surface area contributed by atoms with Crippen molar-refractivity contribution < 1.29 is 14.3 Å². The van der Waals surface area contributed by atoms with E-state index in [1.807, 2.05) is 47.4 Å². The molecule has 2 aliphatic rings. The van der Waals surface area contributed by atoms with Crippen LogP contribution < -0.4 is 15.2 Å². The summed E-state index contributed by atoms with van der Waals surface area (Å²) in [5.74, 6) is 1.62. The maximum Gasteiger partial charge on any atom is 0.254 e. The molecule has 1 aliphatic heterocycles. The van der Waals surface area contributed by atoms with Crippen molar-refractivity contribution in [1.29, 1.82) is 0 Å². The second-order valence-electron chi connectivity index (χ2n) is 7.31. The first-order valence-corrected chi connectivity index (χ1v) is 9.73. The fourth-order valence-electron chi connectivity index (χ4n) is 3.94. The largest absolute Gasteiger partial charge is 0.454 e. The summed E-state index contributed by atoms with van der Waals surface area (Å²) in [7, 11) is 0. The number of carbonyl (C=O) groups is 1. The normalized spacial score (nSPS) is 16.3. The Balaban J connectivity index is 1.58. The molecule has 142 valence electrons. The minimum absolute atomic E-state index is 0.0862. The zero-order valence-electron chi connectivity index (χ0n) is 15.5. The lowest BCUT2D eigenvalue weighted by molar-refractivity contribution is 0.0614. The average Bonchev–Trinajstić information content (AvgIpc) is 3.20. The van der Waals surface area contributed by atoms with Crippen molar-refractivity contribution in [3.8, 4) is 11.5 Å². The second-order valence-corrected chi connectivity index (χ2v) is 7.31. The summed E-state index contributed by atoms with van der Waals surface area (Å²) in [6, 6.07) is 13.9. The van der Waals surface area contributed by atoms with E-state index in [0.29, 0.717) is 13.1 Å². The van der Waals surface area contributed by atoms with Crippen LogP contribution in [0.3, 0.4) is 0 Å². The van der Waals surface area contributed by atoms with Gasteiger partial charge in [-0.05, 0) is 48.2 Å². The van der Waals surface area contributed by atoms with Crippen LogP contribution in [0.2, 0.25) is 0 Å². The molecule has 2 N–H and O–H groups in total. The average molecular weight is 366 g/mol. The Kier molecular flexibility index (Phi) is 5.30. The molecule has 0 saturated heterocycles. The lowest BCUT2D eigenvalue weighted by atomic mass is 9.93. The van der Waals surface area contributed by atoms with E-state index in [0.717, 1.165) is 41.0 Å². The number of benzene rings is 2. The molecule has 1 saturated carbocycles. The minimum Gasteiger partial charge on any atom is -0.454 e. The number of fused-ring (bicyclic) bond motifs is 1. The Morgan fingerprint density at radius 1 is 0.963 bits per heavy atom. The number of nitrogens with two attached hydrogens (primary N) is 1. The molecule has 0 atom stereocenters. The maximum absolute atomic E-state index is 13.3. The zero-order chi connectivity index (χ0) is 18.6. The van der Waals surface area contributed by atoms with Gasteiger partial charge in [0.25, 0.3) is 5.91 Å². The van der Waals surface area contributed by atoms with E-state index >= 15 is 0 Å². The topological polar surface area (TPSA) is 64.8 Å². The highest BCUT2D eigenvalue weighted by molar-refractivity contribution is 5.94. The van der Waals surface area contributed by atoms with Gasteiger partial charge in [-0.25, -0.2) is 0 Å². The predicted octanol–water partition coefficient (Wildman–Crippen LogP) is 3.85. The molecule has 5 heteroatoms. The van der Waals surface area contributed by atoms with Crippen LogP contribution in [0.25, 0.3) is 0 Å². The lowest BCUT2D eigenvalue weighted by Gasteiger charge is -2.34. The van der Waals surface area contributed by atoms with Crippen molar-refractivity contribution in [3.63, 3.8) is 0 Å². The van der Waals surface area contributed by atoms with Gasteiger partial charge in [-0.2, -0.15) is 0 Å². The Labute approximate surface area is 160 Å². The van der Waals surface area contributed by atoms with E-state index in [-0.39, 0.29) is 18.7 Å². The van der Waals surface area contributed by atoms with Gasteiger partial charge in [-0.15, -0.1) is 0 Å². The predicted molar refractivity (Wildman–Crippen MR) is 104 cm³/mol. The van der Waals surface area contributed by atoms with Crippen molar-refractivity contribution in [1.82, 2.24) is 4.90 Å². The molecule has 1 fully saturated rings. The van der Waals surface area contributed by atoms with Gasteiger partial charge in [0, 0.05) is 24.7 Å². The highest BCUT2D eigenvalue weighted by Gasteiger charge is 2.27. The van der Waals surface area contributed by atoms with Crippen LogP contribution in [0, 0.1) is 0 Å². The Morgan fingerprint density at radius 2 is 1.67 bits per heavy atom. The molecule has 5 nitrogen and oxygen atoms in total. The molecule has 0 spiro atoms. The molecule has 4 rings (SSSR count). The number of nitrogens with zero attached hydrogens (tertiary/aromatic N) is 1. The highest BCUT2D eigenvalue weighted by atomic mass is 16.7. The molecule has 2 aromatic rings. The van der Waals surface area contributed by atoms with Crippen LogP contribution in [0.5, 0.6) is 11.5 Å². The number of hydrogen-bond donors (Lipinski definition) is 1. The van der Waals surface area contributed by atoms with E-state index in [2.05, 4.69) is 0 Å². The molecule has 2 aromatic carbocycles. The first-order chi connectivity index (χ1) is 13.2. The number of hydrogen-bond acceptors (Lipinski definition) is 4. The molecular formula is C22H26N2O3. The van der Waals surface area contributed by atoms with Crippen molar-refractivity contribution in [2.75, 3.05) is 6.79 Å². The molecule has 27 heavy (non-hydrogen) atoms. The molecule has 0 bridgehead atoms. The summed E-state index contributed by atoms with van der Waals surface area (Å²) < 4.78 is 10.9. The molecule has 0 unspecified atom stereocenters. The summed E-state index contributed by atoms with van der Waals surface area (Å²) in [4.78, 5) is 15.4. The van der Waals surface area contributed by atoms with Gasteiger partial charge in [-0.1, -0.05) is 37.5 Å². The third-order valence-corrected chi connectivity index (χ3v) is 5.50. The van der Waals surface area contributed by atoms with Crippen LogP contribution in [-0.4, -0.2) is 23.6 Å². The summed E-state index contributed by atoms with van der Waals surface area (Å²) in [6.07, 6.45) is 5.76. The molecule has 0 aromatic heterocycles. The number of carbonyl (C=O) groups excluding carboxylic acids is 1. The van der Waals surface area contributed by atoms with Crippen LogP contribution in [0.4, 0.5) is 0 Å². The SMILES string of the molecule is NCc1ccc(C(=O)N(Cc2ccc3c(c2)OCO3)C2CCCCC2)cc1. The number of ether oxygens (including phenoxy) is 2. The van der Waals surface area contributed by atoms with Crippen molar-refractivity contribution in [2.24, 2.45) is 5.73 Å². The van der Waals surface area contributed by atoms with E-state index in [1.54, 1.807) is 0 Å². The first kappa shape index (κ1) is 17.9. The number of amides is 1. The Bertz CT molecular complexity index is 798.